The lowest BCUT2D eigenvalue weighted by molar-refractivity contribution is -0.121. The molecular weight excluding hydrogens is 250 g/mol. The van der Waals surface area contributed by atoms with E-state index in [1.807, 2.05) is 6.92 Å². The van der Waals surface area contributed by atoms with E-state index in [-0.39, 0.29) is 11.9 Å². The molecule has 2 aromatic rings. The van der Waals surface area contributed by atoms with E-state index in [1.165, 1.54) is 21.9 Å². The molecule has 3 nitrogen and oxygen atoms in total. The minimum Gasteiger partial charge on any atom is -0.497 e. The van der Waals surface area contributed by atoms with Crippen molar-refractivity contribution in [3.05, 3.63) is 41.5 Å². The number of benzene rings is 2. The minimum atomic E-state index is 0.119. The van der Waals surface area contributed by atoms with Gasteiger partial charge in [0.1, 0.15) is 5.75 Å². The zero-order valence-corrected chi connectivity index (χ0v) is 11.9. The van der Waals surface area contributed by atoms with E-state index in [0.29, 0.717) is 6.42 Å². The molecule has 0 aliphatic heterocycles. The van der Waals surface area contributed by atoms with Crippen LogP contribution in [0.2, 0.25) is 0 Å². The van der Waals surface area contributed by atoms with E-state index < -0.39 is 0 Å². The molecular formula is C17H19NO2. The summed E-state index contributed by atoms with van der Waals surface area (Å²) in [7, 11) is 1.69. The summed E-state index contributed by atoms with van der Waals surface area (Å²) in [4.78, 5) is 11.6. The highest BCUT2D eigenvalue weighted by molar-refractivity contribution is 5.91. The lowest BCUT2D eigenvalue weighted by atomic mass is 9.85. The van der Waals surface area contributed by atoms with E-state index >= 15 is 0 Å². The predicted molar refractivity (Wildman–Crippen MR) is 80.1 cm³/mol. The Hall–Kier alpha value is -2.03. The number of amides is 1. The number of hydrogen-bond acceptors (Lipinski definition) is 2. The molecule has 3 rings (SSSR count). The number of carbonyl (C=O) groups excluding carboxylic acids is 1. The van der Waals surface area contributed by atoms with Gasteiger partial charge in [-0.15, -0.1) is 0 Å². The largest absolute Gasteiger partial charge is 0.497 e. The summed E-state index contributed by atoms with van der Waals surface area (Å²) in [6.45, 7) is 1.88. The average molecular weight is 269 g/mol. The van der Waals surface area contributed by atoms with Crippen LogP contribution in [0, 0.1) is 0 Å². The Labute approximate surface area is 118 Å². The standard InChI is InChI=1S/C17H19NO2/c1-3-16(19)18-14-7-11-5-4-6-12-9-15(20-2)10-13(8-14)17(11)12/h4-6,9-10,14H,3,7-8H2,1-2H3,(H,18,19). The van der Waals surface area contributed by atoms with Crippen LogP contribution in [0.15, 0.2) is 30.3 Å². The fourth-order valence-electron chi connectivity index (χ4n) is 3.05. The van der Waals surface area contributed by atoms with E-state index in [0.717, 1.165) is 18.6 Å². The molecule has 1 amide bonds. The van der Waals surface area contributed by atoms with E-state index in [2.05, 4.69) is 35.6 Å². The Morgan fingerprint density at radius 3 is 2.85 bits per heavy atom. The zero-order valence-electron chi connectivity index (χ0n) is 11.9. The first-order valence-corrected chi connectivity index (χ1v) is 7.09. The summed E-state index contributed by atoms with van der Waals surface area (Å²) in [5, 5.41) is 5.66. The number of ether oxygens (including phenoxy) is 1. The molecule has 0 radical (unpaired) electrons. The van der Waals surface area contributed by atoms with Gasteiger partial charge in [0.25, 0.3) is 0 Å². The fraction of sp³-hybridized carbons (Fsp3) is 0.353. The van der Waals surface area contributed by atoms with Gasteiger partial charge in [-0.3, -0.25) is 4.79 Å². The molecule has 1 N–H and O–H groups in total. The van der Waals surface area contributed by atoms with Gasteiger partial charge in [-0.2, -0.15) is 0 Å². The predicted octanol–water partition coefficient (Wildman–Crippen LogP) is 2.84. The van der Waals surface area contributed by atoms with Crippen LogP contribution in [0.4, 0.5) is 0 Å². The minimum absolute atomic E-state index is 0.119. The molecule has 0 aromatic heterocycles. The van der Waals surface area contributed by atoms with Gasteiger partial charge < -0.3 is 10.1 Å². The van der Waals surface area contributed by atoms with Crippen molar-refractivity contribution in [2.24, 2.45) is 0 Å². The van der Waals surface area contributed by atoms with Gasteiger partial charge in [-0.25, -0.2) is 0 Å². The van der Waals surface area contributed by atoms with Crippen LogP contribution in [0.25, 0.3) is 10.8 Å². The monoisotopic (exact) mass is 269 g/mol. The molecule has 3 heteroatoms. The molecule has 0 heterocycles. The van der Waals surface area contributed by atoms with Crippen molar-refractivity contribution in [2.45, 2.75) is 32.2 Å². The van der Waals surface area contributed by atoms with E-state index in [1.54, 1.807) is 7.11 Å². The number of rotatable bonds is 3. The molecule has 20 heavy (non-hydrogen) atoms. The van der Waals surface area contributed by atoms with Crippen LogP contribution in [-0.4, -0.2) is 19.1 Å². The van der Waals surface area contributed by atoms with Crippen molar-refractivity contribution in [1.29, 1.82) is 0 Å². The third-order valence-electron chi connectivity index (χ3n) is 3.97. The van der Waals surface area contributed by atoms with Gasteiger partial charge in [0.15, 0.2) is 0 Å². The zero-order chi connectivity index (χ0) is 14.1. The first-order valence-electron chi connectivity index (χ1n) is 7.09. The van der Waals surface area contributed by atoms with Crippen molar-refractivity contribution >= 4 is 16.7 Å². The van der Waals surface area contributed by atoms with Gasteiger partial charge in [0.2, 0.25) is 5.91 Å². The number of nitrogens with one attached hydrogen (secondary N) is 1. The molecule has 1 aliphatic rings. The summed E-state index contributed by atoms with van der Waals surface area (Å²) in [5.74, 6) is 1.00. The van der Waals surface area contributed by atoms with Gasteiger partial charge in [0, 0.05) is 12.5 Å². The van der Waals surface area contributed by atoms with Crippen LogP contribution in [0.1, 0.15) is 24.5 Å². The molecule has 1 unspecified atom stereocenters. The molecule has 2 aromatic carbocycles. The van der Waals surface area contributed by atoms with Crippen LogP contribution in [0.3, 0.4) is 0 Å². The third kappa shape index (κ3) is 2.24. The summed E-state index contributed by atoms with van der Waals surface area (Å²) in [6.07, 6.45) is 2.31. The molecule has 0 saturated heterocycles. The normalized spacial score (nSPS) is 17.0. The van der Waals surface area contributed by atoms with Crippen molar-refractivity contribution in [3.8, 4) is 5.75 Å². The fourth-order valence-corrected chi connectivity index (χ4v) is 3.05. The topological polar surface area (TPSA) is 38.3 Å². The van der Waals surface area contributed by atoms with Crippen molar-refractivity contribution < 1.29 is 9.53 Å². The maximum Gasteiger partial charge on any atom is 0.219 e. The lowest BCUT2D eigenvalue weighted by Crippen LogP contribution is -2.39. The maximum absolute atomic E-state index is 11.6. The van der Waals surface area contributed by atoms with Crippen molar-refractivity contribution in [2.75, 3.05) is 7.11 Å². The molecule has 0 spiro atoms. The number of hydrogen-bond donors (Lipinski definition) is 1. The summed E-state index contributed by atoms with van der Waals surface area (Å²) >= 11 is 0. The Morgan fingerprint density at radius 1 is 1.30 bits per heavy atom. The van der Waals surface area contributed by atoms with Gasteiger partial charge in [-0.1, -0.05) is 25.1 Å². The second-order valence-electron chi connectivity index (χ2n) is 5.33. The number of methoxy groups -OCH3 is 1. The first-order chi connectivity index (χ1) is 9.71. The quantitative estimate of drug-likeness (QED) is 0.930. The average Bonchev–Trinajstić information content (AvgIpc) is 2.46. The molecule has 0 saturated carbocycles. The second kappa shape index (κ2) is 5.16. The van der Waals surface area contributed by atoms with E-state index in [4.69, 9.17) is 4.74 Å². The Bertz CT molecular complexity index is 663. The summed E-state index contributed by atoms with van der Waals surface area (Å²) < 4.78 is 5.38. The highest BCUT2D eigenvalue weighted by Gasteiger charge is 2.22. The smallest absolute Gasteiger partial charge is 0.219 e. The highest BCUT2D eigenvalue weighted by Crippen LogP contribution is 2.33. The van der Waals surface area contributed by atoms with Crippen LogP contribution in [0.5, 0.6) is 5.75 Å². The third-order valence-corrected chi connectivity index (χ3v) is 3.97. The van der Waals surface area contributed by atoms with Gasteiger partial charge in [-0.05, 0) is 46.9 Å². The van der Waals surface area contributed by atoms with E-state index in [9.17, 15) is 4.79 Å². The van der Waals surface area contributed by atoms with Gasteiger partial charge >= 0.3 is 0 Å². The van der Waals surface area contributed by atoms with Gasteiger partial charge in [0.05, 0.1) is 7.11 Å². The number of carbonyl (C=O) groups is 1. The van der Waals surface area contributed by atoms with Crippen molar-refractivity contribution in [1.82, 2.24) is 5.32 Å². The molecule has 104 valence electrons. The highest BCUT2D eigenvalue weighted by atomic mass is 16.5. The SMILES string of the molecule is CCC(=O)NC1Cc2cccc3cc(OC)cc(c23)C1. The van der Waals surface area contributed by atoms with Crippen LogP contribution in [-0.2, 0) is 17.6 Å². The second-order valence-corrected chi connectivity index (χ2v) is 5.33. The molecule has 1 atom stereocenters. The van der Waals surface area contributed by atoms with Crippen LogP contribution < -0.4 is 10.1 Å². The Morgan fingerprint density at radius 2 is 2.10 bits per heavy atom. The summed E-state index contributed by atoms with van der Waals surface area (Å²) in [5.41, 5.74) is 2.58. The molecule has 0 bridgehead atoms. The lowest BCUT2D eigenvalue weighted by Gasteiger charge is -2.26. The molecule has 1 aliphatic carbocycles. The first kappa shape index (κ1) is 13.0. The maximum atomic E-state index is 11.6. The van der Waals surface area contributed by atoms with Crippen molar-refractivity contribution in [3.63, 3.8) is 0 Å². The molecule has 0 fully saturated rings. The Balaban J connectivity index is 2.02. The van der Waals surface area contributed by atoms with Crippen LogP contribution >= 0.6 is 0 Å². The summed E-state index contributed by atoms with van der Waals surface area (Å²) in [6, 6.07) is 10.7. The Kier molecular flexibility index (Phi) is 3.35.